The Morgan fingerprint density at radius 1 is 1.14 bits per heavy atom. The number of hydrogen-bond donors (Lipinski definition) is 3. The Labute approximate surface area is 131 Å². The molecule has 1 aliphatic rings. The average Bonchev–Trinajstić information content (AvgIpc) is 2.97. The van der Waals surface area contributed by atoms with Crippen molar-refractivity contribution in [2.24, 2.45) is 0 Å². The topological polar surface area (TPSA) is 60.2 Å². The third kappa shape index (κ3) is 4.01. The van der Waals surface area contributed by atoms with Crippen LogP contribution in [0.2, 0.25) is 0 Å². The number of urea groups is 1. The second kappa shape index (κ2) is 7.31. The van der Waals surface area contributed by atoms with Crippen LogP contribution in [0.4, 0.5) is 4.79 Å². The van der Waals surface area contributed by atoms with Gasteiger partial charge in [-0.3, -0.25) is 0 Å². The van der Waals surface area contributed by atoms with Crippen LogP contribution in [0.1, 0.15) is 25.0 Å². The summed E-state index contributed by atoms with van der Waals surface area (Å²) in [5.41, 5.74) is 2.12. The number of aromatic amines is 1. The van der Waals surface area contributed by atoms with Crippen molar-refractivity contribution in [2.45, 2.75) is 25.8 Å². The molecule has 1 aromatic carbocycles. The van der Waals surface area contributed by atoms with Crippen molar-refractivity contribution in [2.75, 3.05) is 26.2 Å². The number of H-pyrrole nitrogens is 1. The van der Waals surface area contributed by atoms with E-state index < -0.39 is 0 Å². The number of para-hydroxylation sites is 1. The van der Waals surface area contributed by atoms with Crippen LogP contribution in [0.25, 0.3) is 10.9 Å². The second-order valence-corrected chi connectivity index (χ2v) is 5.89. The largest absolute Gasteiger partial charge is 0.357 e. The summed E-state index contributed by atoms with van der Waals surface area (Å²) in [5.74, 6) is 0. The van der Waals surface area contributed by atoms with E-state index in [9.17, 15) is 4.79 Å². The van der Waals surface area contributed by atoms with Crippen LogP contribution in [0.3, 0.4) is 0 Å². The monoisotopic (exact) mass is 300 g/mol. The lowest BCUT2D eigenvalue weighted by molar-refractivity contribution is 0.220. The molecule has 118 valence electrons. The van der Waals surface area contributed by atoms with Crippen molar-refractivity contribution < 1.29 is 4.79 Å². The quantitative estimate of drug-likeness (QED) is 0.794. The maximum absolute atomic E-state index is 11.8. The molecule has 2 heterocycles. The number of nitrogens with one attached hydrogen (secondary N) is 3. The van der Waals surface area contributed by atoms with E-state index in [1.165, 1.54) is 37.7 Å². The Kier molecular flexibility index (Phi) is 4.96. The number of aromatic nitrogens is 1. The maximum atomic E-state index is 11.8. The standard InChI is InChI=1S/C17H24N4O/c22-17(18-8-11-21-9-4-1-5-10-21)19-13-15-12-14-6-2-3-7-16(14)20-15/h2-3,6-7,12,20H,1,4-5,8-11,13H2,(H2,18,19,22). The van der Waals surface area contributed by atoms with Crippen molar-refractivity contribution >= 4 is 16.9 Å². The molecule has 0 radical (unpaired) electrons. The van der Waals surface area contributed by atoms with Gasteiger partial charge >= 0.3 is 6.03 Å². The zero-order valence-electron chi connectivity index (χ0n) is 12.9. The zero-order chi connectivity index (χ0) is 15.2. The third-order valence-corrected chi connectivity index (χ3v) is 4.19. The fraction of sp³-hybridized carbons (Fsp3) is 0.471. The van der Waals surface area contributed by atoms with Gasteiger partial charge in [0.1, 0.15) is 0 Å². The number of hydrogen-bond acceptors (Lipinski definition) is 2. The Hall–Kier alpha value is -2.01. The third-order valence-electron chi connectivity index (χ3n) is 4.19. The molecule has 0 atom stereocenters. The first kappa shape index (κ1) is 14.9. The van der Waals surface area contributed by atoms with E-state index in [0.29, 0.717) is 13.1 Å². The van der Waals surface area contributed by atoms with Crippen molar-refractivity contribution in [1.82, 2.24) is 20.5 Å². The summed E-state index contributed by atoms with van der Waals surface area (Å²) < 4.78 is 0. The minimum Gasteiger partial charge on any atom is -0.357 e. The number of carbonyl (C=O) groups excluding carboxylic acids is 1. The van der Waals surface area contributed by atoms with Gasteiger partial charge in [0, 0.05) is 24.3 Å². The molecule has 0 aliphatic carbocycles. The molecule has 1 aliphatic heterocycles. The first-order chi connectivity index (χ1) is 10.8. The smallest absolute Gasteiger partial charge is 0.315 e. The molecular weight excluding hydrogens is 276 g/mol. The molecule has 2 amide bonds. The number of amides is 2. The first-order valence-corrected chi connectivity index (χ1v) is 8.12. The van der Waals surface area contributed by atoms with Crippen LogP contribution >= 0.6 is 0 Å². The molecule has 22 heavy (non-hydrogen) atoms. The van der Waals surface area contributed by atoms with E-state index in [4.69, 9.17) is 0 Å². The average molecular weight is 300 g/mol. The molecule has 5 nitrogen and oxygen atoms in total. The Morgan fingerprint density at radius 2 is 1.95 bits per heavy atom. The van der Waals surface area contributed by atoms with Gasteiger partial charge in [0.2, 0.25) is 0 Å². The number of carbonyl (C=O) groups is 1. The van der Waals surface area contributed by atoms with Crippen LogP contribution in [-0.2, 0) is 6.54 Å². The van der Waals surface area contributed by atoms with E-state index in [1.807, 2.05) is 18.2 Å². The maximum Gasteiger partial charge on any atom is 0.315 e. The molecule has 0 saturated carbocycles. The van der Waals surface area contributed by atoms with Crippen LogP contribution in [-0.4, -0.2) is 42.1 Å². The highest BCUT2D eigenvalue weighted by Crippen LogP contribution is 2.14. The molecule has 3 rings (SSSR count). The molecule has 3 N–H and O–H groups in total. The van der Waals surface area contributed by atoms with E-state index in [2.05, 4.69) is 32.7 Å². The van der Waals surface area contributed by atoms with Crippen molar-refractivity contribution in [3.63, 3.8) is 0 Å². The Balaban J connectivity index is 1.38. The van der Waals surface area contributed by atoms with Gasteiger partial charge in [-0.05, 0) is 43.5 Å². The minimum atomic E-state index is -0.101. The van der Waals surface area contributed by atoms with Crippen LogP contribution < -0.4 is 10.6 Å². The van der Waals surface area contributed by atoms with Gasteiger partial charge < -0.3 is 20.5 Å². The predicted octanol–water partition coefficient (Wildman–Crippen LogP) is 2.45. The zero-order valence-corrected chi connectivity index (χ0v) is 12.9. The summed E-state index contributed by atoms with van der Waals surface area (Å²) in [5, 5.41) is 7.00. The highest BCUT2D eigenvalue weighted by atomic mass is 16.2. The van der Waals surface area contributed by atoms with Gasteiger partial charge in [0.05, 0.1) is 6.54 Å². The Morgan fingerprint density at radius 3 is 2.77 bits per heavy atom. The van der Waals surface area contributed by atoms with Crippen molar-refractivity contribution in [1.29, 1.82) is 0 Å². The second-order valence-electron chi connectivity index (χ2n) is 5.89. The van der Waals surface area contributed by atoms with Gasteiger partial charge in [-0.2, -0.15) is 0 Å². The number of fused-ring (bicyclic) bond motifs is 1. The first-order valence-electron chi connectivity index (χ1n) is 8.12. The normalized spacial score (nSPS) is 15.8. The van der Waals surface area contributed by atoms with Gasteiger partial charge in [0.25, 0.3) is 0 Å². The summed E-state index contributed by atoms with van der Waals surface area (Å²) >= 11 is 0. The van der Waals surface area contributed by atoms with E-state index in [-0.39, 0.29) is 6.03 Å². The number of likely N-dealkylation sites (tertiary alicyclic amines) is 1. The van der Waals surface area contributed by atoms with Crippen molar-refractivity contribution in [3.8, 4) is 0 Å². The lowest BCUT2D eigenvalue weighted by Crippen LogP contribution is -2.41. The number of piperidine rings is 1. The number of nitrogens with zero attached hydrogens (tertiary/aromatic N) is 1. The van der Waals surface area contributed by atoms with Gasteiger partial charge in [-0.1, -0.05) is 24.6 Å². The van der Waals surface area contributed by atoms with E-state index in [0.717, 1.165) is 17.8 Å². The Bertz CT molecular complexity index is 583. The lowest BCUT2D eigenvalue weighted by atomic mass is 10.1. The molecular formula is C17H24N4O. The highest BCUT2D eigenvalue weighted by molar-refractivity contribution is 5.80. The SMILES string of the molecule is O=C(NCCN1CCCCC1)NCc1cc2ccccc2[nH]1. The molecule has 0 spiro atoms. The molecule has 0 bridgehead atoms. The summed E-state index contributed by atoms with van der Waals surface area (Å²) in [7, 11) is 0. The van der Waals surface area contributed by atoms with Crippen LogP contribution in [0.5, 0.6) is 0 Å². The van der Waals surface area contributed by atoms with Crippen LogP contribution in [0, 0.1) is 0 Å². The molecule has 1 fully saturated rings. The molecule has 0 unspecified atom stereocenters. The summed E-state index contributed by atoms with van der Waals surface area (Å²) in [4.78, 5) is 17.5. The molecule has 1 saturated heterocycles. The minimum absolute atomic E-state index is 0.101. The van der Waals surface area contributed by atoms with E-state index in [1.54, 1.807) is 0 Å². The van der Waals surface area contributed by atoms with E-state index >= 15 is 0 Å². The number of rotatable bonds is 5. The summed E-state index contributed by atoms with van der Waals surface area (Å²) in [6.07, 6.45) is 3.91. The molecule has 2 aromatic rings. The van der Waals surface area contributed by atoms with Crippen LogP contribution in [0.15, 0.2) is 30.3 Å². The van der Waals surface area contributed by atoms with Crippen molar-refractivity contribution in [3.05, 3.63) is 36.0 Å². The summed E-state index contributed by atoms with van der Waals surface area (Å²) in [6.45, 7) is 4.50. The van der Waals surface area contributed by atoms with Gasteiger partial charge in [-0.15, -0.1) is 0 Å². The molecule has 5 heteroatoms. The fourth-order valence-electron chi connectivity index (χ4n) is 2.98. The lowest BCUT2D eigenvalue weighted by Gasteiger charge is -2.26. The number of benzene rings is 1. The fourth-order valence-corrected chi connectivity index (χ4v) is 2.98. The molecule has 1 aromatic heterocycles. The highest BCUT2D eigenvalue weighted by Gasteiger charge is 2.09. The summed E-state index contributed by atoms with van der Waals surface area (Å²) in [6, 6.07) is 10.1. The van der Waals surface area contributed by atoms with Gasteiger partial charge in [-0.25, -0.2) is 4.79 Å². The predicted molar refractivity (Wildman–Crippen MR) is 88.8 cm³/mol. The van der Waals surface area contributed by atoms with Gasteiger partial charge in [0.15, 0.2) is 0 Å².